The largest absolute Gasteiger partial charge is 0.507 e. The molecule has 1 N–H and O–H groups in total. The molecule has 1 fully saturated rings. The normalized spacial score (nSPS) is 14.3. The fourth-order valence-corrected chi connectivity index (χ4v) is 3.47. The monoisotopic (exact) mass is 373 g/mol. The number of hydrogen-bond acceptors (Lipinski definition) is 2. The van der Waals surface area contributed by atoms with Gasteiger partial charge in [0.1, 0.15) is 11.6 Å². The van der Waals surface area contributed by atoms with Crippen molar-refractivity contribution in [3.05, 3.63) is 63.2 Å². The van der Waals surface area contributed by atoms with Crippen molar-refractivity contribution in [3.63, 3.8) is 0 Å². The minimum absolute atomic E-state index is 0.0544. The minimum Gasteiger partial charge on any atom is -0.507 e. The van der Waals surface area contributed by atoms with Gasteiger partial charge in [0, 0.05) is 28.6 Å². The number of phenolic OH excluding ortho intramolecular Hbond substituents is 1. The van der Waals surface area contributed by atoms with Gasteiger partial charge in [-0.2, -0.15) is 0 Å². The number of rotatable bonds is 2. The van der Waals surface area contributed by atoms with Crippen LogP contribution in [0.5, 0.6) is 5.75 Å². The molecule has 0 radical (unpaired) electrons. The molecule has 3 nitrogen and oxygen atoms in total. The van der Waals surface area contributed by atoms with E-state index in [2.05, 4.69) is 15.9 Å². The van der Waals surface area contributed by atoms with Crippen LogP contribution in [0.1, 0.15) is 18.9 Å². The van der Waals surface area contributed by atoms with Crippen LogP contribution in [0.3, 0.4) is 0 Å². The minimum atomic E-state index is -0.337. The summed E-state index contributed by atoms with van der Waals surface area (Å²) < 4.78 is 15.8. The van der Waals surface area contributed by atoms with E-state index in [-0.39, 0.29) is 23.2 Å². The van der Waals surface area contributed by atoms with Gasteiger partial charge < -0.3 is 9.67 Å². The molecule has 0 amide bonds. The summed E-state index contributed by atoms with van der Waals surface area (Å²) in [7, 11) is 0. The van der Waals surface area contributed by atoms with Crippen molar-refractivity contribution in [2.24, 2.45) is 0 Å². The zero-order chi connectivity index (χ0) is 16.1. The number of halogens is 2. The van der Waals surface area contributed by atoms with Crippen molar-refractivity contribution < 1.29 is 9.50 Å². The number of aromatic hydroxyl groups is 1. The molecule has 1 heterocycles. The second-order valence-electron chi connectivity index (χ2n) is 5.82. The maximum absolute atomic E-state index is 13.7. The molecule has 5 heteroatoms. The molecule has 0 aliphatic heterocycles. The Balaban J connectivity index is 2.14. The van der Waals surface area contributed by atoms with E-state index in [1.165, 1.54) is 18.2 Å². The van der Waals surface area contributed by atoms with Crippen LogP contribution in [-0.2, 0) is 0 Å². The number of aromatic nitrogens is 1. The standard InChI is InChI=1S/C18H13BrFNO2/c19-17-15(22)7-6-13-16(17)14(10-2-1-3-11(20)8-10)9-21(18(13)23)12-4-5-12/h1-3,6-9,12,22H,4-5H2. The van der Waals surface area contributed by atoms with Gasteiger partial charge >= 0.3 is 0 Å². The van der Waals surface area contributed by atoms with Crippen LogP contribution in [0.25, 0.3) is 21.9 Å². The third kappa shape index (κ3) is 2.36. The maximum atomic E-state index is 13.7. The molecule has 4 rings (SSSR count). The summed E-state index contributed by atoms with van der Waals surface area (Å²) in [4.78, 5) is 12.7. The van der Waals surface area contributed by atoms with E-state index in [9.17, 15) is 14.3 Å². The first-order valence-electron chi connectivity index (χ1n) is 7.38. The molecule has 0 bridgehead atoms. The topological polar surface area (TPSA) is 42.2 Å². The molecule has 1 saturated carbocycles. The molecule has 0 unspecified atom stereocenters. The molecule has 0 atom stereocenters. The van der Waals surface area contributed by atoms with Gasteiger partial charge in [-0.25, -0.2) is 4.39 Å². The Morgan fingerprint density at radius 3 is 2.70 bits per heavy atom. The van der Waals surface area contributed by atoms with E-state index >= 15 is 0 Å². The van der Waals surface area contributed by atoms with Gasteiger partial charge in [0.15, 0.2) is 0 Å². The van der Waals surface area contributed by atoms with Crippen LogP contribution in [0.15, 0.2) is 51.9 Å². The zero-order valence-corrected chi connectivity index (χ0v) is 13.7. The summed E-state index contributed by atoms with van der Waals surface area (Å²) in [6.07, 6.45) is 3.74. The van der Waals surface area contributed by atoms with E-state index in [0.29, 0.717) is 20.8 Å². The molecule has 1 aliphatic rings. The molecule has 0 saturated heterocycles. The molecule has 1 aromatic heterocycles. The van der Waals surface area contributed by atoms with Gasteiger partial charge in [0.25, 0.3) is 5.56 Å². The second kappa shape index (κ2) is 5.20. The summed E-state index contributed by atoms with van der Waals surface area (Å²) >= 11 is 3.37. The SMILES string of the molecule is O=c1c2ccc(O)c(Br)c2c(-c2cccc(F)c2)cn1C1CC1. The number of benzene rings is 2. The Morgan fingerprint density at radius 1 is 1.22 bits per heavy atom. The third-order valence-corrected chi connectivity index (χ3v) is 5.00. The Bertz CT molecular complexity index is 992. The number of phenols is 1. The highest BCUT2D eigenvalue weighted by Gasteiger charge is 2.26. The average molecular weight is 374 g/mol. The van der Waals surface area contributed by atoms with Crippen molar-refractivity contribution in [1.29, 1.82) is 0 Å². The molecule has 1 aliphatic carbocycles. The summed E-state index contributed by atoms with van der Waals surface area (Å²) in [6.45, 7) is 0. The van der Waals surface area contributed by atoms with Crippen LogP contribution in [0.2, 0.25) is 0 Å². The van der Waals surface area contributed by atoms with Crippen molar-refractivity contribution in [2.75, 3.05) is 0 Å². The third-order valence-electron chi connectivity index (χ3n) is 4.20. The van der Waals surface area contributed by atoms with Crippen molar-refractivity contribution in [3.8, 4) is 16.9 Å². The average Bonchev–Trinajstić information content (AvgIpc) is 3.36. The van der Waals surface area contributed by atoms with Gasteiger partial charge in [-0.1, -0.05) is 12.1 Å². The lowest BCUT2D eigenvalue weighted by Crippen LogP contribution is -2.19. The predicted molar refractivity (Wildman–Crippen MR) is 91.2 cm³/mol. The van der Waals surface area contributed by atoms with E-state index in [1.807, 2.05) is 0 Å². The van der Waals surface area contributed by atoms with Gasteiger partial charge in [-0.05, 0) is 58.6 Å². The van der Waals surface area contributed by atoms with Crippen molar-refractivity contribution in [2.45, 2.75) is 18.9 Å². The van der Waals surface area contributed by atoms with E-state index < -0.39 is 0 Å². The van der Waals surface area contributed by atoms with Crippen LogP contribution < -0.4 is 5.56 Å². The van der Waals surface area contributed by atoms with Crippen LogP contribution in [-0.4, -0.2) is 9.67 Å². The molecular formula is C18H13BrFNO2. The first-order valence-corrected chi connectivity index (χ1v) is 8.18. The Kier molecular flexibility index (Phi) is 3.27. The number of fused-ring (bicyclic) bond motifs is 1. The number of nitrogens with zero attached hydrogens (tertiary/aromatic N) is 1. The second-order valence-corrected chi connectivity index (χ2v) is 6.61. The summed E-state index contributed by atoms with van der Waals surface area (Å²) in [5, 5.41) is 11.1. The van der Waals surface area contributed by atoms with Gasteiger partial charge in [-0.15, -0.1) is 0 Å². The molecular weight excluding hydrogens is 361 g/mol. The lowest BCUT2D eigenvalue weighted by atomic mass is 10.00. The lowest BCUT2D eigenvalue weighted by molar-refractivity contribution is 0.473. The fraction of sp³-hybridized carbons (Fsp3) is 0.167. The molecule has 0 spiro atoms. The quantitative estimate of drug-likeness (QED) is 0.712. The predicted octanol–water partition coefficient (Wildman–Crippen LogP) is 4.61. The molecule has 116 valence electrons. The van der Waals surface area contributed by atoms with Crippen LogP contribution in [0, 0.1) is 5.82 Å². The highest BCUT2D eigenvalue weighted by Crippen LogP contribution is 2.40. The first kappa shape index (κ1) is 14.5. The summed E-state index contributed by atoms with van der Waals surface area (Å²) in [6, 6.07) is 9.60. The summed E-state index contributed by atoms with van der Waals surface area (Å²) in [5.41, 5.74) is 1.33. The highest BCUT2D eigenvalue weighted by atomic mass is 79.9. The van der Waals surface area contributed by atoms with Crippen LogP contribution >= 0.6 is 15.9 Å². The molecule has 2 aromatic carbocycles. The Morgan fingerprint density at radius 2 is 2.00 bits per heavy atom. The van der Waals surface area contributed by atoms with E-state index in [1.54, 1.807) is 29.0 Å². The highest BCUT2D eigenvalue weighted by molar-refractivity contribution is 9.10. The van der Waals surface area contributed by atoms with Crippen molar-refractivity contribution in [1.82, 2.24) is 4.57 Å². The van der Waals surface area contributed by atoms with E-state index in [0.717, 1.165) is 18.4 Å². The van der Waals surface area contributed by atoms with Crippen molar-refractivity contribution >= 4 is 26.7 Å². The maximum Gasteiger partial charge on any atom is 0.258 e. The Labute approximate surface area is 140 Å². The zero-order valence-electron chi connectivity index (χ0n) is 12.1. The number of hydrogen-bond donors (Lipinski definition) is 1. The van der Waals surface area contributed by atoms with Gasteiger partial charge in [-0.3, -0.25) is 4.79 Å². The first-order chi connectivity index (χ1) is 11.1. The van der Waals surface area contributed by atoms with Gasteiger partial charge in [0.05, 0.1) is 4.47 Å². The van der Waals surface area contributed by atoms with Gasteiger partial charge in [0.2, 0.25) is 0 Å². The van der Waals surface area contributed by atoms with E-state index in [4.69, 9.17) is 0 Å². The summed E-state index contributed by atoms with van der Waals surface area (Å²) in [5.74, 6) is -0.283. The Hall–Kier alpha value is -2.14. The number of pyridine rings is 1. The van der Waals surface area contributed by atoms with Crippen LogP contribution in [0.4, 0.5) is 4.39 Å². The lowest BCUT2D eigenvalue weighted by Gasteiger charge is -2.14. The molecule has 23 heavy (non-hydrogen) atoms. The molecule has 3 aromatic rings. The smallest absolute Gasteiger partial charge is 0.258 e. The fourth-order valence-electron chi connectivity index (χ4n) is 2.91.